The van der Waals surface area contributed by atoms with E-state index in [0.29, 0.717) is 5.56 Å². The van der Waals surface area contributed by atoms with Gasteiger partial charge in [0, 0.05) is 30.4 Å². The van der Waals surface area contributed by atoms with Gasteiger partial charge in [0.15, 0.2) is 0 Å². The number of H-pyrrole nitrogens is 1. The van der Waals surface area contributed by atoms with Gasteiger partial charge in [-0.25, -0.2) is 4.79 Å². The number of hydrogen-bond acceptors (Lipinski definition) is 4. The van der Waals surface area contributed by atoms with Crippen molar-refractivity contribution < 1.29 is 9.59 Å². The molecule has 8 heteroatoms. The van der Waals surface area contributed by atoms with E-state index in [4.69, 9.17) is 0 Å². The number of nitrogens with one attached hydrogen (secondary N) is 3. The molecule has 0 spiro atoms. The lowest BCUT2D eigenvalue weighted by molar-refractivity contribution is -0.121. The van der Waals surface area contributed by atoms with Crippen molar-refractivity contribution in [1.82, 2.24) is 20.2 Å². The molecule has 2 rings (SSSR count). The standard InChI is InChI=1S/C18H22N4O4/c1-3-12(2)20-17(25)14-6-4-13(5-7-14)10-19-16(24)11-22-9-8-15(23)21-18(22)26/h4-9,12H,3,10-11H2,1-2H3,(H,19,24)(H,20,25)(H,21,23,26)/t12-/m0/s1. The van der Waals surface area contributed by atoms with Crippen molar-refractivity contribution in [2.45, 2.75) is 39.4 Å². The molecule has 1 atom stereocenters. The summed E-state index contributed by atoms with van der Waals surface area (Å²) in [5.74, 6) is -0.495. The molecule has 0 aliphatic carbocycles. The van der Waals surface area contributed by atoms with E-state index in [1.54, 1.807) is 24.3 Å². The molecule has 0 saturated heterocycles. The maximum absolute atomic E-state index is 12.0. The third-order valence-electron chi connectivity index (χ3n) is 3.91. The van der Waals surface area contributed by atoms with Gasteiger partial charge in [0.05, 0.1) is 0 Å². The highest BCUT2D eigenvalue weighted by Crippen LogP contribution is 2.05. The molecule has 1 heterocycles. The number of aromatic amines is 1. The molecule has 26 heavy (non-hydrogen) atoms. The summed E-state index contributed by atoms with van der Waals surface area (Å²) in [5, 5.41) is 5.57. The topological polar surface area (TPSA) is 113 Å². The smallest absolute Gasteiger partial charge is 0.328 e. The van der Waals surface area contributed by atoms with E-state index in [9.17, 15) is 19.2 Å². The van der Waals surface area contributed by atoms with E-state index in [-0.39, 0.29) is 30.9 Å². The summed E-state index contributed by atoms with van der Waals surface area (Å²) in [6.07, 6.45) is 2.12. The van der Waals surface area contributed by atoms with E-state index in [0.717, 1.165) is 16.6 Å². The molecule has 2 amide bonds. The number of carbonyl (C=O) groups is 2. The van der Waals surface area contributed by atoms with Crippen LogP contribution in [0.1, 0.15) is 36.2 Å². The van der Waals surface area contributed by atoms with Gasteiger partial charge in [-0.2, -0.15) is 0 Å². The zero-order valence-corrected chi connectivity index (χ0v) is 14.7. The van der Waals surface area contributed by atoms with Gasteiger partial charge >= 0.3 is 5.69 Å². The van der Waals surface area contributed by atoms with Gasteiger partial charge in [-0.1, -0.05) is 19.1 Å². The minimum absolute atomic E-state index is 0.109. The molecule has 0 fully saturated rings. The van der Waals surface area contributed by atoms with Crippen LogP contribution < -0.4 is 21.9 Å². The first-order chi connectivity index (χ1) is 12.4. The predicted molar refractivity (Wildman–Crippen MR) is 96.8 cm³/mol. The van der Waals surface area contributed by atoms with E-state index in [1.807, 2.05) is 13.8 Å². The Kier molecular flexibility index (Phi) is 6.48. The van der Waals surface area contributed by atoms with Crippen molar-refractivity contribution in [2.75, 3.05) is 0 Å². The molecule has 0 aliphatic heterocycles. The second kappa shape index (κ2) is 8.80. The van der Waals surface area contributed by atoms with Crippen LogP contribution in [0.5, 0.6) is 0 Å². The van der Waals surface area contributed by atoms with Crippen LogP contribution in [0, 0.1) is 0 Å². The molecule has 1 aromatic heterocycles. The second-order valence-corrected chi connectivity index (χ2v) is 5.99. The lowest BCUT2D eigenvalue weighted by Crippen LogP contribution is -2.35. The fourth-order valence-electron chi connectivity index (χ4n) is 2.16. The van der Waals surface area contributed by atoms with Crippen molar-refractivity contribution in [2.24, 2.45) is 0 Å². The first kappa shape index (κ1) is 19.2. The van der Waals surface area contributed by atoms with Gasteiger partial charge < -0.3 is 10.6 Å². The average molecular weight is 358 g/mol. The SMILES string of the molecule is CC[C@H](C)NC(=O)c1ccc(CNC(=O)Cn2ccc(=O)[nH]c2=O)cc1. The van der Waals surface area contributed by atoms with E-state index >= 15 is 0 Å². The van der Waals surface area contributed by atoms with Crippen molar-refractivity contribution in [3.05, 3.63) is 68.5 Å². The van der Waals surface area contributed by atoms with Crippen LogP contribution in [0.2, 0.25) is 0 Å². The minimum atomic E-state index is -0.635. The van der Waals surface area contributed by atoms with Gasteiger partial charge in [0.2, 0.25) is 5.91 Å². The molecule has 0 unspecified atom stereocenters. The highest BCUT2D eigenvalue weighted by molar-refractivity contribution is 5.94. The highest BCUT2D eigenvalue weighted by Gasteiger charge is 2.09. The fourth-order valence-corrected chi connectivity index (χ4v) is 2.16. The van der Waals surface area contributed by atoms with Crippen LogP contribution in [-0.4, -0.2) is 27.4 Å². The molecular weight excluding hydrogens is 336 g/mol. The molecule has 8 nitrogen and oxygen atoms in total. The summed E-state index contributed by atoms with van der Waals surface area (Å²) in [4.78, 5) is 48.6. The van der Waals surface area contributed by atoms with Crippen LogP contribution in [0.15, 0.2) is 46.1 Å². The van der Waals surface area contributed by atoms with E-state index < -0.39 is 11.2 Å². The highest BCUT2D eigenvalue weighted by atomic mass is 16.2. The number of rotatable bonds is 7. The summed E-state index contributed by atoms with van der Waals surface area (Å²) in [7, 11) is 0. The van der Waals surface area contributed by atoms with Crippen molar-refractivity contribution in [1.29, 1.82) is 0 Å². The summed E-state index contributed by atoms with van der Waals surface area (Å²) in [6, 6.07) is 8.21. The largest absolute Gasteiger partial charge is 0.350 e. The fraction of sp³-hybridized carbons (Fsp3) is 0.333. The van der Waals surface area contributed by atoms with Crippen LogP contribution >= 0.6 is 0 Å². The molecule has 0 bridgehead atoms. The Labute approximate surface area is 150 Å². The zero-order valence-electron chi connectivity index (χ0n) is 14.7. The number of amides is 2. The van der Waals surface area contributed by atoms with Gasteiger partial charge in [-0.15, -0.1) is 0 Å². The lowest BCUT2D eigenvalue weighted by Gasteiger charge is -2.12. The van der Waals surface area contributed by atoms with Crippen LogP contribution in [0.25, 0.3) is 0 Å². The van der Waals surface area contributed by atoms with Gasteiger partial charge in [-0.3, -0.25) is 23.9 Å². The van der Waals surface area contributed by atoms with Gasteiger partial charge in [0.1, 0.15) is 6.54 Å². The monoisotopic (exact) mass is 358 g/mol. The number of aromatic nitrogens is 2. The van der Waals surface area contributed by atoms with Crippen molar-refractivity contribution in [3.63, 3.8) is 0 Å². The Bertz CT molecular complexity index is 883. The van der Waals surface area contributed by atoms with Crippen LogP contribution in [-0.2, 0) is 17.9 Å². The third-order valence-corrected chi connectivity index (χ3v) is 3.91. The molecule has 138 valence electrons. The molecule has 3 N–H and O–H groups in total. The second-order valence-electron chi connectivity index (χ2n) is 5.99. The quantitative estimate of drug-likeness (QED) is 0.664. The molecule has 2 aromatic rings. The Balaban J connectivity index is 1.89. The Morgan fingerprint density at radius 3 is 2.46 bits per heavy atom. The van der Waals surface area contributed by atoms with E-state index in [1.165, 1.54) is 12.3 Å². The predicted octanol–water partition coefficient (Wildman–Crippen LogP) is 0.381. The number of hydrogen-bond donors (Lipinski definition) is 3. The summed E-state index contributed by atoms with van der Waals surface area (Å²) in [5.41, 5.74) is 0.237. The average Bonchev–Trinajstić information content (AvgIpc) is 2.62. The molecule has 0 saturated carbocycles. The summed E-state index contributed by atoms with van der Waals surface area (Å²) < 4.78 is 1.11. The zero-order chi connectivity index (χ0) is 19.1. The third kappa shape index (κ3) is 5.44. The normalized spacial score (nSPS) is 11.6. The maximum atomic E-state index is 12.0. The molecule has 0 aliphatic rings. The maximum Gasteiger partial charge on any atom is 0.328 e. The number of benzene rings is 1. The van der Waals surface area contributed by atoms with Crippen molar-refractivity contribution in [3.8, 4) is 0 Å². The van der Waals surface area contributed by atoms with E-state index in [2.05, 4.69) is 15.6 Å². The Morgan fingerprint density at radius 2 is 1.85 bits per heavy atom. The lowest BCUT2D eigenvalue weighted by atomic mass is 10.1. The first-order valence-electron chi connectivity index (χ1n) is 8.35. The molecule has 1 aromatic carbocycles. The van der Waals surface area contributed by atoms with Crippen LogP contribution in [0.3, 0.4) is 0 Å². The Morgan fingerprint density at radius 1 is 1.15 bits per heavy atom. The minimum Gasteiger partial charge on any atom is -0.350 e. The molecule has 0 radical (unpaired) electrons. The van der Waals surface area contributed by atoms with Crippen molar-refractivity contribution >= 4 is 11.8 Å². The van der Waals surface area contributed by atoms with Crippen LogP contribution in [0.4, 0.5) is 0 Å². The van der Waals surface area contributed by atoms with Gasteiger partial charge in [-0.05, 0) is 31.0 Å². The summed E-state index contributed by atoms with van der Waals surface area (Å²) in [6.45, 7) is 4.02. The molecular formula is C18H22N4O4. The number of carbonyl (C=O) groups excluding carboxylic acids is 2. The Hall–Kier alpha value is -3.16. The van der Waals surface area contributed by atoms with Gasteiger partial charge in [0.25, 0.3) is 11.5 Å². The first-order valence-corrected chi connectivity index (χ1v) is 8.35. The summed E-state index contributed by atoms with van der Waals surface area (Å²) >= 11 is 0. The number of nitrogens with zero attached hydrogens (tertiary/aromatic N) is 1.